The Kier molecular flexibility index (Phi) is 9.01. The summed E-state index contributed by atoms with van der Waals surface area (Å²) in [6.45, 7) is 8.34. The number of aryl methyl sites for hydroxylation is 1. The molecule has 0 saturated carbocycles. The minimum absolute atomic E-state index is 0.0416. The van der Waals surface area contributed by atoms with Crippen LogP contribution in [0.5, 0.6) is 17.2 Å². The average molecular weight is 580 g/mol. The molecule has 0 bridgehead atoms. The second-order valence-electron chi connectivity index (χ2n) is 10.3. The van der Waals surface area contributed by atoms with Gasteiger partial charge in [-0.3, -0.25) is 4.68 Å². The van der Waals surface area contributed by atoms with Gasteiger partial charge in [-0.25, -0.2) is 18.7 Å². The van der Waals surface area contributed by atoms with Gasteiger partial charge in [-0.2, -0.15) is 5.10 Å². The Labute approximate surface area is 243 Å². The van der Waals surface area contributed by atoms with E-state index in [1.165, 1.54) is 32.5 Å². The van der Waals surface area contributed by atoms with E-state index >= 15 is 0 Å². The number of nitrogens with one attached hydrogen (secondary N) is 2. The van der Waals surface area contributed by atoms with Gasteiger partial charge in [0.05, 0.1) is 37.3 Å². The fourth-order valence-electron chi connectivity index (χ4n) is 5.00. The lowest BCUT2D eigenvalue weighted by Gasteiger charge is -2.38. The molecule has 2 atom stereocenters. The first-order valence-electron chi connectivity index (χ1n) is 13.8. The van der Waals surface area contributed by atoms with E-state index in [1.54, 1.807) is 6.20 Å². The van der Waals surface area contributed by atoms with E-state index in [0.29, 0.717) is 31.2 Å². The quantitative estimate of drug-likeness (QED) is 0.258. The maximum atomic E-state index is 14.6. The summed E-state index contributed by atoms with van der Waals surface area (Å²) in [5.41, 5.74) is 1.80. The van der Waals surface area contributed by atoms with Crippen LogP contribution in [0.3, 0.4) is 0 Å². The molecule has 0 unspecified atom stereocenters. The summed E-state index contributed by atoms with van der Waals surface area (Å²) >= 11 is 0. The van der Waals surface area contributed by atoms with Gasteiger partial charge in [0, 0.05) is 49.3 Å². The van der Waals surface area contributed by atoms with Crippen molar-refractivity contribution in [3.05, 3.63) is 77.9 Å². The number of halogens is 2. The van der Waals surface area contributed by atoms with Gasteiger partial charge in [-0.05, 0) is 50.6 Å². The van der Waals surface area contributed by atoms with Crippen LogP contribution in [-0.2, 0) is 13.2 Å². The highest BCUT2D eigenvalue weighted by Crippen LogP contribution is 2.34. The maximum Gasteiger partial charge on any atom is 0.227 e. The highest BCUT2D eigenvalue weighted by molar-refractivity contribution is 5.67. The summed E-state index contributed by atoms with van der Waals surface area (Å²) in [5, 5.41) is 11.0. The first-order chi connectivity index (χ1) is 20.3. The minimum Gasteiger partial charge on any atom is -0.494 e. The number of anilines is 3. The molecule has 1 aliphatic rings. The molecule has 0 radical (unpaired) electrons. The predicted octanol–water partition coefficient (Wildman–Crippen LogP) is 4.86. The van der Waals surface area contributed by atoms with Crippen molar-refractivity contribution >= 4 is 17.3 Å². The fourth-order valence-corrected chi connectivity index (χ4v) is 5.00. The number of aromatic nitrogens is 4. The summed E-state index contributed by atoms with van der Waals surface area (Å²) in [5.74, 6) is -0.179. The van der Waals surface area contributed by atoms with Crippen molar-refractivity contribution in [3.63, 3.8) is 0 Å². The number of rotatable bonds is 11. The molecule has 1 saturated heterocycles. The van der Waals surface area contributed by atoms with Crippen molar-refractivity contribution in [1.29, 1.82) is 0 Å². The first kappa shape index (κ1) is 29.1. The molecule has 2 aromatic heterocycles. The first-order valence-corrected chi connectivity index (χ1v) is 13.8. The molecule has 2 aromatic carbocycles. The monoisotopic (exact) mass is 579 g/mol. The SMILES string of the molecule is COc1cc(C)c(F)c(COc2cnc(Nc3ccc(N4C[C@@H](C)N[C@@H](C)C4)c(OCCn4cccn4)c3)nc2)c1F. The smallest absolute Gasteiger partial charge is 0.227 e. The van der Waals surface area contributed by atoms with Gasteiger partial charge in [-0.1, -0.05) is 0 Å². The van der Waals surface area contributed by atoms with E-state index < -0.39 is 11.6 Å². The summed E-state index contributed by atoms with van der Waals surface area (Å²) < 4.78 is 47.8. The van der Waals surface area contributed by atoms with Crippen molar-refractivity contribution in [3.8, 4) is 17.2 Å². The van der Waals surface area contributed by atoms with Crippen molar-refractivity contribution in [2.45, 2.75) is 46.0 Å². The van der Waals surface area contributed by atoms with Gasteiger partial charge in [0.2, 0.25) is 5.95 Å². The standard InChI is InChI=1S/C30H35F2N7O3/c1-19-12-27(40-4)29(32)24(28(19)31)18-42-23-14-33-30(34-15-23)37-22-6-7-25(38-16-20(2)36-21(3)17-38)26(13-22)41-11-10-39-9-5-8-35-39/h5-9,12-15,20-21,36H,10-11,16-18H2,1-4H3,(H,33,34,37)/t20-,21+. The Morgan fingerprint density at radius 3 is 2.48 bits per heavy atom. The molecule has 10 nitrogen and oxygen atoms in total. The minimum atomic E-state index is -0.796. The maximum absolute atomic E-state index is 14.6. The van der Waals surface area contributed by atoms with Crippen molar-refractivity contribution in [1.82, 2.24) is 25.1 Å². The van der Waals surface area contributed by atoms with Crippen LogP contribution >= 0.6 is 0 Å². The molecule has 3 heterocycles. The molecular formula is C30H35F2N7O3. The van der Waals surface area contributed by atoms with Gasteiger partial charge < -0.3 is 29.7 Å². The second kappa shape index (κ2) is 13.0. The number of hydrogen-bond donors (Lipinski definition) is 2. The van der Waals surface area contributed by atoms with Gasteiger partial charge in [0.1, 0.15) is 24.8 Å². The third kappa shape index (κ3) is 6.88. The fraction of sp³-hybridized carbons (Fsp3) is 0.367. The molecule has 4 aromatic rings. The number of nitrogens with zero attached hydrogens (tertiary/aromatic N) is 5. The molecular weight excluding hydrogens is 544 g/mol. The number of benzene rings is 2. The van der Waals surface area contributed by atoms with E-state index in [9.17, 15) is 8.78 Å². The number of piperazine rings is 1. The lowest BCUT2D eigenvalue weighted by molar-refractivity contribution is 0.285. The highest BCUT2D eigenvalue weighted by Gasteiger charge is 2.24. The zero-order valence-electron chi connectivity index (χ0n) is 24.1. The molecule has 0 amide bonds. The van der Waals surface area contributed by atoms with Crippen LogP contribution in [0.25, 0.3) is 0 Å². The van der Waals surface area contributed by atoms with Crippen LogP contribution in [0.1, 0.15) is 25.0 Å². The molecule has 42 heavy (non-hydrogen) atoms. The van der Waals surface area contributed by atoms with Crippen LogP contribution in [0.4, 0.5) is 26.1 Å². The van der Waals surface area contributed by atoms with E-state index in [1.807, 2.05) is 35.1 Å². The van der Waals surface area contributed by atoms with Gasteiger partial charge in [0.25, 0.3) is 0 Å². The Hall–Kier alpha value is -4.45. The molecule has 0 aliphatic carbocycles. The Morgan fingerprint density at radius 2 is 1.79 bits per heavy atom. The number of ether oxygens (including phenoxy) is 3. The second-order valence-corrected chi connectivity index (χ2v) is 10.3. The summed E-state index contributed by atoms with van der Waals surface area (Å²) in [4.78, 5) is 10.9. The van der Waals surface area contributed by atoms with E-state index in [2.05, 4.69) is 44.4 Å². The normalized spacial score (nSPS) is 16.8. The highest BCUT2D eigenvalue weighted by atomic mass is 19.1. The molecule has 2 N–H and O–H groups in total. The van der Waals surface area contributed by atoms with E-state index in [0.717, 1.165) is 30.2 Å². The van der Waals surface area contributed by atoms with Crippen LogP contribution in [0.15, 0.2) is 55.1 Å². The van der Waals surface area contributed by atoms with Crippen LogP contribution in [0.2, 0.25) is 0 Å². The van der Waals surface area contributed by atoms with Gasteiger partial charge in [0.15, 0.2) is 17.3 Å². The van der Waals surface area contributed by atoms with Crippen molar-refractivity contribution in [2.75, 3.05) is 37.0 Å². The van der Waals surface area contributed by atoms with Crippen LogP contribution < -0.4 is 29.7 Å². The molecule has 0 spiro atoms. The Balaban J connectivity index is 1.28. The Bertz CT molecular complexity index is 1480. The Morgan fingerprint density at radius 1 is 1.02 bits per heavy atom. The number of hydrogen-bond acceptors (Lipinski definition) is 9. The van der Waals surface area contributed by atoms with Crippen LogP contribution in [-0.4, -0.2) is 58.6 Å². The largest absolute Gasteiger partial charge is 0.494 e. The zero-order valence-corrected chi connectivity index (χ0v) is 24.1. The number of methoxy groups -OCH3 is 1. The molecule has 222 valence electrons. The molecule has 1 fully saturated rings. The van der Waals surface area contributed by atoms with Gasteiger partial charge >= 0.3 is 0 Å². The zero-order chi connectivity index (χ0) is 29.6. The lowest BCUT2D eigenvalue weighted by atomic mass is 10.1. The van der Waals surface area contributed by atoms with Crippen LogP contribution in [0, 0.1) is 18.6 Å². The predicted molar refractivity (Wildman–Crippen MR) is 156 cm³/mol. The molecule has 1 aliphatic heterocycles. The van der Waals surface area contributed by atoms with E-state index in [-0.39, 0.29) is 29.2 Å². The van der Waals surface area contributed by atoms with E-state index in [4.69, 9.17) is 14.2 Å². The molecule has 12 heteroatoms. The van der Waals surface area contributed by atoms with Crippen molar-refractivity contribution < 1.29 is 23.0 Å². The summed E-state index contributed by atoms with van der Waals surface area (Å²) in [6, 6.07) is 9.80. The lowest BCUT2D eigenvalue weighted by Crippen LogP contribution is -2.54. The van der Waals surface area contributed by atoms with Gasteiger partial charge in [-0.15, -0.1) is 0 Å². The average Bonchev–Trinajstić information content (AvgIpc) is 3.49. The van der Waals surface area contributed by atoms with Crippen molar-refractivity contribution in [2.24, 2.45) is 0 Å². The third-order valence-electron chi connectivity index (χ3n) is 6.92. The summed E-state index contributed by atoms with van der Waals surface area (Å²) in [6.07, 6.45) is 6.53. The topological polar surface area (TPSA) is 98.6 Å². The summed E-state index contributed by atoms with van der Waals surface area (Å²) in [7, 11) is 1.33. The third-order valence-corrected chi connectivity index (χ3v) is 6.92. The molecule has 5 rings (SSSR count).